The zero-order chi connectivity index (χ0) is 32.3. The third-order valence-corrected chi connectivity index (χ3v) is 9.17. The van der Waals surface area contributed by atoms with Crippen molar-refractivity contribution in [3.63, 3.8) is 0 Å². The summed E-state index contributed by atoms with van der Waals surface area (Å²) in [5, 5.41) is 12.1. The number of nitrogens with one attached hydrogen (secondary N) is 1. The topological polar surface area (TPSA) is 124 Å². The zero-order valence-electron chi connectivity index (χ0n) is 26.8. The van der Waals surface area contributed by atoms with Crippen molar-refractivity contribution in [2.45, 2.75) is 37.9 Å². The Hall–Kier alpha value is -4.85. The zero-order valence-corrected chi connectivity index (χ0v) is 26.8. The molecule has 4 aromatic heterocycles. The number of hydrogen-bond acceptors (Lipinski definition) is 10. The van der Waals surface area contributed by atoms with E-state index in [2.05, 4.69) is 36.4 Å². The molecular formula is C34H39N9O4. The van der Waals surface area contributed by atoms with Gasteiger partial charge >= 0.3 is 0 Å². The molecule has 1 unspecified atom stereocenters. The molecule has 0 bridgehead atoms. The minimum absolute atomic E-state index is 0.0588. The number of aryl methyl sites for hydroxylation is 1. The van der Waals surface area contributed by atoms with Crippen LogP contribution in [0.4, 0.5) is 11.5 Å². The van der Waals surface area contributed by atoms with Crippen LogP contribution < -0.4 is 10.1 Å². The van der Waals surface area contributed by atoms with Gasteiger partial charge in [-0.3, -0.25) is 9.69 Å². The molecule has 2 aliphatic heterocycles. The van der Waals surface area contributed by atoms with Crippen molar-refractivity contribution in [1.29, 1.82) is 0 Å². The second kappa shape index (κ2) is 13.5. The molecule has 5 aromatic rings. The molecule has 2 saturated heterocycles. The Morgan fingerprint density at radius 2 is 1.70 bits per heavy atom. The molecule has 6 heterocycles. The first-order valence-electron chi connectivity index (χ1n) is 15.9. The number of methoxy groups -OCH3 is 2. The molecular weight excluding hydrogens is 598 g/mol. The largest absolute Gasteiger partial charge is 0.457 e. The van der Waals surface area contributed by atoms with E-state index in [1.165, 1.54) is 11.9 Å². The highest BCUT2D eigenvalue weighted by atomic mass is 16.5. The first-order valence-corrected chi connectivity index (χ1v) is 15.9. The summed E-state index contributed by atoms with van der Waals surface area (Å²) in [6.45, 7) is 5.71. The van der Waals surface area contributed by atoms with Gasteiger partial charge in [-0.05, 0) is 67.1 Å². The first-order chi connectivity index (χ1) is 23.0. The first kappa shape index (κ1) is 30.8. The Morgan fingerprint density at radius 3 is 2.47 bits per heavy atom. The maximum atomic E-state index is 13.0. The normalized spacial score (nSPS) is 19.3. The van der Waals surface area contributed by atoms with E-state index < -0.39 is 0 Å². The van der Waals surface area contributed by atoms with Gasteiger partial charge in [-0.2, -0.15) is 10.2 Å². The lowest BCUT2D eigenvalue weighted by Crippen LogP contribution is -2.37. The molecule has 1 amide bonds. The van der Waals surface area contributed by atoms with E-state index in [0.29, 0.717) is 31.3 Å². The number of anilines is 2. The number of fused-ring (bicyclic) bond motifs is 2. The van der Waals surface area contributed by atoms with Crippen LogP contribution in [0.5, 0.6) is 11.5 Å². The molecule has 244 valence electrons. The molecule has 2 aliphatic rings. The number of ether oxygens (including phenoxy) is 3. The Morgan fingerprint density at radius 1 is 0.957 bits per heavy atom. The van der Waals surface area contributed by atoms with E-state index in [0.717, 1.165) is 59.9 Å². The number of amides is 1. The third kappa shape index (κ3) is 6.55. The summed E-state index contributed by atoms with van der Waals surface area (Å²) in [5.41, 5.74) is 4.73. The Kier molecular flexibility index (Phi) is 8.83. The van der Waals surface area contributed by atoms with Crippen LogP contribution in [0.1, 0.15) is 29.9 Å². The SMILES string of the molecule is COC1CN(C/C=C/C(=O)N2CCC(c3ccn4ncnc(Nc5ccc(Oc6ccn7ncnc7c6)c(C)c5)c34)CC2)C[C@H]1OC. The Balaban J connectivity index is 0.982. The van der Waals surface area contributed by atoms with Crippen molar-refractivity contribution < 1.29 is 19.0 Å². The Labute approximate surface area is 272 Å². The molecule has 13 heteroatoms. The highest BCUT2D eigenvalue weighted by Crippen LogP contribution is 2.35. The molecule has 1 aromatic carbocycles. The number of carbonyl (C=O) groups is 1. The van der Waals surface area contributed by atoms with Crippen molar-refractivity contribution in [2.75, 3.05) is 52.3 Å². The van der Waals surface area contributed by atoms with Crippen LogP contribution in [0.3, 0.4) is 0 Å². The molecule has 13 nitrogen and oxygen atoms in total. The predicted molar refractivity (Wildman–Crippen MR) is 176 cm³/mol. The van der Waals surface area contributed by atoms with Gasteiger partial charge in [-0.25, -0.2) is 19.0 Å². The average Bonchev–Trinajstić information content (AvgIpc) is 3.84. The summed E-state index contributed by atoms with van der Waals surface area (Å²) in [7, 11) is 3.43. The van der Waals surface area contributed by atoms with Crippen molar-refractivity contribution in [3.8, 4) is 11.5 Å². The van der Waals surface area contributed by atoms with Crippen LogP contribution in [0.2, 0.25) is 0 Å². The van der Waals surface area contributed by atoms with Gasteiger partial charge in [0.15, 0.2) is 11.5 Å². The van der Waals surface area contributed by atoms with E-state index in [4.69, 9.17) is 14.2 Å². The lowest BCUT2D eigenvalue weighted by Gasteiger charge is -2.31. The second-order valence-corrected chi connectivity index (χ2v) is 12.1. The standard InChI is InChI=1S/C34H39N9O4/c1-23-17-25(6-7-28(23)47-26-10-15-42-31(18-26)35-21-37-42)39-34-33-27(11-16-43(33)38-22-36-34)24-8-13-41(14-9-24)32(44)5-4-12-40-19-29(45-2)30(20-40)46-3/h4-7,10-11,15-18,21-22,24,29-30H,8-9,12-14,19-20H2,1-3H3,(H,36,38,39)/b5-4+/t29-,30?/m1/s1. The third-order valence-electron chi connectivity index (χ3n) is 9.17. The predicted octanol–water partition coefficient (Wildman–Crippen LogP) is 4.22. The quantitative estimate of drug-likeness (QED) is 0.223. The smallest absolute Gasteiger partial charge is 0.246 e. The molecule has 2 fully saturated rings. The second-order valence-electron chi connectivity index (χ2n) is 12.1. The van der Waals surface area contributed by atoms with Crippen LogP contribution in [0.15, 0.2) is 73.6 Å². The van der Waals surface area contributed by atoms with Gasteiger partial charge in [0.05, 0.1) is 12.2 Å². The fourth-order valence-corrected chi connectivity index (χ4v) is 6.60. The number of nitrogens with zero attached hydrogens (tertiary/aromatic N) is 8. The van der Waals surface area contributed by atoms with Crippen LogP contribution in [0.25, 0.3) is 11.2 Å². The van der Waals surface area contributed by atoms with E-state index in [-0.39, 0.29) is 18.1 Å². The molecule has 0 saturated carbocycles. The molecule has 1 N–H and O–H groups in total. The molecule has 0 spiro atoms. The number of benzene rings is 1. The highest BCUT2D eigenvalue weighted by Gasteiger charge is 2.32. The van der Waals surface area contributed by atoms with Crippen LogP contribution in [0, 0.1) is 6.92 Å². The van der Waals surface area contributed by atoms with Gasteiger partial charge in [-0.1, -0.05) is 6.08 Å². The van der Waals surface area contributed by atoms with Gasteiger partial charge in [0.25, 0.3) is 0 Å². The van der Waals surface area contributed by atoms with E-state index in [1.54, 1.807) is 31.1 Å². The molecule has 47 heavy (non-hydrogen) atoms. The number of rotatable bonds is 10. The summed E-state index contributed by atoms with van der Waals surface area (Å²) in [6.07, 6.45) is 12.4. The fourth-order valence-electron chi connectivity index (χ4n) is 6.60. The Bertz CT molecular complexity index is 1880. The van der Waals surface area contributed by atoms with Gasteiger partial charge in [0, 0.05) is 77.2 Å². The number of likely N-dealkylation sites (tertiary alicyclic amines) is 2. The van der Waals surface area contributed by atoms with Gasteiger partial charge in [-0.15, -0.1) is 0 Å². The number of carbonyl (C=O) groups excluding carboxylic acids is 1. The maximum Gasteiger partial charge on any atom is 0.246 e. The fraction of sp³-hybridized carbons (Fsp3) is 0.382. The van der Waals surface area contributed by atoms with E-state index >= 15 is 0 Å². The molecule has 0 radical (unpaired) electrons. The molecule has 7 rings (SSSR count). The average molecular weight is 638 g/mol. The number of aromatic nitrogens is 6. The van der Waals surface area contributed by atoms with Crippen LogP contribution in [-0.2, 0) is 14.3 Å². The monoisotopic (exact) mass is 637 g/mol. The van der Waals surface area contributed by atoms with Gasteiger partial charge in [0.2, 0.25) is 5.91 Å². The maximum absolute atomic E-state index is 13.0. The lowest BCUT2D eigenvalue weighted by atomic mass is 9.90. The van der Waals surface area contributed by atoms with Crippen molar-refractivity contribution in [3.05, 3.63) is 84.7 Å². The molecule has 0 aliphatic carbocycles. The molecule has 2 atom stereocenters. The summed E-state index contributed by atoms with van der Waals surface area (Å²) in [6, 6.07) is 11.8. The number of piperidine rings is 1. The van der Waals surface area contributed by atoms with Crippen LogP contribution in [-0.4, -0.2) is 104 Å². The summed E-state index contributed by atoms with van der Waals surface area (Å²) in [5.74, 6) is 2.53. The van der Waals surface area contributed by atoms with E-state index in [9.17, 15) is 4.79 Å². The highest BCUT2D eigenvalue weighted by molar-refractivity contribution is 5.87. The van der Waals surface area contributed by atoms with Crippen molar-refractivity contribution in [1.82, 2.24) is 39.0 Å². The number of pyridine rings is 1. The number of hydrogen-bond donors (Lipinski definition) is 1. The summed E-state index contributed by atoms with van der Waals surface area (Å²) < 4.78 is 20.8. The lowest BCUT2D eigenvalue weighted by molar-refractivity contribution is -0.127. The van der Waals surface area contributed by atoms with E-state index in [1.807, 2.05) is 65.1 Å². The van der Waals surface area contributed by atoms with Gasteiger partial charge < -0.3 is 24.4 Å². The van der Waals surface area contributed by atoms with Crippen LogP contribution >= 0.6 is 0 Å². The minimum Gasteiger partial charge on any atom is -0.457 e. The van der Waals surface area contributed by atoms with Crippen molar-refractivity contribution >= 4 is 28.6 Å². The van der Waals surface area contributed by atoms with Crippen molar-refractivity contribution in [2.24, 2.45) is 0 Å². The van der Waals surface area contributed by atoms with Gasteiger partial charge in [0.1, 0.15) is 29.7 Å². The minimum atomic E-state index is 0.0588. The summed E-state index contributed by atoms with van der Waals surface area (Å²) >= 11 is 0. The summed E-state index contributed by atoms with van der Waals surface area (Å²) in [4.78, 5) is 26.0.